The van der Waals surface area contributed by atoms with Crippen molar-refractivity contribution in [1.82, 2.24) is 14.7 Å². The predicted molar refractivity (Wildman–Crippen MR) is 99.9 cm³/mol. The Hall–Kier alpha value is -2.19. The first-order chi connectivity index (χ1) is 12.5. The molecule has 0 saturated carbocycles. The summed E-state index contributed by atoms with van der Waals surface area (Å²) in [6.45, 7) is 6.33. The van der Waals surface area contributed by atoms with Gasteiger partial charge in [-0.3, -0.25) is 0 Å². The fourth-order valence-corrected chi connectivity index (χ4v) is 3.90. The van der Waals surface area contributed by atoms with Crippen molar-refractivity contribution >= 4 is 16.0 Å². The van der Waals surface area contributed by atoms with Gasteiger partial charge in [0.15, 0.2) is 0 Å². The molecule has 0 bridgehead atoms. The molecule has 0 aliphatic carbocycles. The zero-order chi connectivity index (χ0) is 18.6. The van der Waals surface area contributed by atoms with E-state index >= 15 is 0 Å². The number of nitrogens with zero attached hydrogens (tertiary/aromatic N) is 3. The van der Waals surface area contributed by atoms with Crippen molar-refractivity contribution in [2.45, 2.75) is 38.1 Å². The quantitative estimate of drug-likeness (QED) is 0.798. The summed E-state index contributed by atoms with van der Waals surface area (Å²) in [6, 6.07) is 8.18. The zero-order valence-corrected chi connectivity index (χ0v) is 15.9. The molecule has 0 spiro atoms. The molecule has 1 aromatic carbocycles. The van der Waals surface area contributed by atoms with Gasteiger partial charge in [0, 0.05) is 18.8 Å². The highest BCUT2D eigenvalue weighted by Gasteiger charge is 2.18. The van der Waals surface area contributed by atoms with Gasteiger partial charge in [-0.15, -0.1) is 0 Å². The Bertz CT molecular complexity index is 847. The molecule has 26 heavy (non-hydrogen) atoms. The zero-order valence-electron chi connectivity index (χ0n) is 15.1. The van der Waals surface area contributed by atoms with Gasteiger partial charge in [-0.1, -0.05) is 0 Å². The van der Waals surface area contributed by atoms with Gasteiger partial charge < -0.3 is 9.64 Å². The lowest BCUT2D eigenvalue weighted by Crippen LogP contribution is -2.25. The summed E-state index contributed by atoms with van der Waals surface area (Å²) in [7, 11) is -3.61. The number of ether oxygens (including phenoxy) is 1. The lowest BCUT2D eigenvalue weighted by molar-refractivity contribution is 0.340. The molecule has 8 heteroatoms. The fourth-order valence-electron chi connectivity index (χ4n) is 2.90. The third-order valence-electron chi connectivity index (χ3n) is 4.17. The Labute approximate surface area is 154 Å². The first-order valence-electron chi connectivity index (χ1n) is 8.80. The van der Waals surface area contributed by atoms with Crippen molar-refractivity contribution in [2.24, 2.45) is 0 Å². The predicted octanol–water partition coefficient (Wildman–Crippen LogP) is 2.26. The van der Waals surface area contributed by atoms with Crippen molar-refractivity contribution in [3.05, 3.63) is 41.7 Å². The summed E-state index contributed by atoms with van der Waals surface area (Å²) in [5.41, 5.74) is 1.49. The Morgan fingerprint density at radius 2 is 1.85 bits per heavy atom. The monoisotopic (exact) mass is 376 g/mol. The number of rotatable bonds is 7. The molecule has 3 rings (SSSR count). The van der Waals surface area contributed by atoms with Crippen molar-refractivity contribution < 1.29 is 13.2 Å². The van der Waals surface area contributed by atoms with Crippen LogP contribution in [0.1, 0.15) is 31.2 Å². The summed E-state index contributed by atoms with van der Waals surface area (Å²) in [5, 5.41) is 0. The van der Waals surface area contributed by atoms with Crippen molar-refractivity contribution in [2.75, 3.05) is 24.6 Å². The van der Waals surface area contributed by atoms with E-state index in [0.29, 0.717) is 24.0 Å². The minimum absolute atomic E-state index is 0.125. The van der Waals surface area contributed by atoms with Crippen LogP contribution in [0.3, 0.4) is 0 Å². The second-order valence-corrected chi connectivity index (χ2v) is 7.99. The standard InChI is InChI=1S/C18H24N4O3S/c1-3-25-16-6-8-17(9-7-16)26(23,24)19-13-15-12-14(2)20-18(21-15)22-10-4-5-11-22/h6-9,12,19H,3-5,10-11,13H2,1-2H3. The van der Waals surface area contributed by atoms with Crippen LogP contribution in [0.5, 0.6) is 5.75 Å². The molecule has 2 heterocycles. The maximum Gasteiger partial charge on any atom is 0.240 e. The number of benzene rings is 1. The summed E-state index contributed by atoms with van der Waals surface area (Å²) in [6.07, 6.45) is 2.27. The third kappa shape index (κ3) is 4.50. The van der Waals surface area contributed by atoms with Crippen molar-refractivity contribution in [3.63, 3.8) is 0 Å². The molecular formula is C18H24N4O3S. The molecule has 1 aliphatic rings. The van der Waals surface area contributed by atoms with Crippen LogP contribution in [0.2, 0.25) is 0 Å². The number of aryl methyl sites for hydroxylation is 1. The lowest BCUT2D eigenvalue weighted by Gasteiger charge is -2.16. The summed E-state index contributed by atoms with van der Waals surface area (Å²) >= 11 is 0. The van der Waals surface area contributed by atoms with E-state index in [1.807, 2.05) is 13.8 Å². The van der Waals surface area contributed by atoms with Gasteiger partial charge in [0.05, 0.1) is 23.7 Å². The molecule has 7 nitrogen and oxygen atoms in total. The van der Waals surface area contributed by atoms with Crippen LogP contribution >= 0.6 is 0 Å². The molecular weight excluding hydrogens is 352 g/mol. The van der Waals surface area contributed by atoms with E-state index in [0.717, 1.165) is 31.6 Å². The molecule has 0 amide bonds. The molecule has 1 fully saturated rings. The maximum atomic E-state index is 12.5. The van der Waals surface area contributed by atoms with Gasteiger partial charge in [0.1, 0.15) is 5.75 Å². The molecule has 1 aromatic heterocycles. The minimum Gasteiger partial charge on any atom is -0.494 e. The topological polar surface area (TPSA) is 84.4 Å². The SMILES string of the molecule is CCOc1ccc(S(=O)(=O)NCc2cc(C)nc(N3CCCC3)n2)cc1. The Balaban J connectivity index is 1.71. The molecule has 1 saturated heterocycles. The van der Waals surface area contributed by atoms with E-state index in [2.05, 4.69) is 19.6 Å². The average Bonchev–Trinajstić information content (AvgIpc) is 3.15. The summed E-state index contributed by atoms with van der Waals surface area (Å²) in [4.78, 5) is 11.3. The normalized spacial score (nSPS) is 14.6. The fraction of sp³-hybridized carbons (Fsp3) is 0.444. The van der Waals surface area contributed by atoms with Crippen LogP contribution in [0.25, 0.3) is 0 Å². The highest BCUT2D eigenvalue weighted by molar-refractivity contribution is 7.89. The second-order valence-electron chi connectivity index (χ2n) is 6.22. The van der Waals surface area contributed by atoms with E-state index in [1.54, 1.807) is 18.2 Å². The van der Waals surface area contributed by atoms with Crippen LogP contribution in [-0.2, 0) is 16.6 Å². The first kappa shape index (κ1) is 18.6. The number of sulfonamides is 1. The molecule has 2 aromatic rings. The van der Waals surface area contributed by atoms with Crippen molar-refractivity contribution in [3.8, 4) is 5.75 Å². The highest BCUT2D eigenvalue weighted by Crippen LogP contribution is 2.18. The Morgan fingerprint density at radius 1 is 1.15 bits per heavy atom. The van der Waals surface area contributed by atoms with Gasteiger partial charge in [-0.05, 0) is 57.0 Å². The second kappa shape index (κ2) is 8.01. The van der Waals surface area contributed by atoms with E-state index in [4.69, 9.17) is 4.74 Å². The summed E-state index contributed by atoms with van der Waals surface area (Å²) < 4.78 is 32.9. The smallest absolute Gasteiger partial charge is 0.240 e. The van der Waals surface area contributed by atoms with Crippen LogP contribution in [-0.4, -0.2) is 38.1 Å². The van der Waals surface area contributed by atoms with Gasteiger partial charge in [0.25, 0.3) is 0 Å². The van der Waals surface area contributed by atoms with Gasteiger partial charge in [0.2, 0.25) is 16.0 Å². The molecule has 0 atom stereocenters. The first-order valence-corrected chi connectivity index (χ1v) is 10.3. The number of aromatic nitrogens is 2. The van der Waals surface area contributed by atoms with Crippen LogP contribution < -0.4 is 14.4 Å². The maximum absolute atomic E-state index is 12.5. The number of hydrogen-bond acceptors (Lipinski definition) is 6. The number of nitrogens with one attached hydrogen (secondary N) is 1. The molecule has 1 N–H and O–H groups in total. The van der Waals surface area contributed by atoms with Gasteiger partial charge in [-0.25, -0.2) is 23.1 Å². The third-order valence-corrected chi connectivity index (χ3v) is 5.59. The highest BCUT2D eigenvalue weighted by atomic mass is 32.2. The van der Waals surface area contributed by atoms with E-state index in [1.165, 1.54) is 12.1 Å². The van der Waals surface area contributed by atoms with Gasteiger partial charge in [-0.2, -0.15) is 0 Å². The average molecular weight is 376 g/mol. The molecule has 0 radical (unpaired) electrons. The molecule has 140 valence electrons. The van der Waals surface area contributed by atoms with Crippen LogP contribution in [0.4, 0.5) is 5.95 Å². The summed E-state index contributed by atoms with van der Waals surface area (Å²) in [5.74, 6) is 1.32. The Kier molecular flexibility index (Phi) is 5.73. The van der Waals surface area contributed by atoms with Crippen LogP contribution in [0, 0.1) is 6.92 Å². The largest absolute Gasteiger partial charge is 0.494 e. The van der Waals surface area contributed by atoms with E-state index in [-0.39, 0.29) is 11.4 Å². The van der Waals surface area contributed by atoms with Gasteiger partial charge >= 0.3 is 0 Å². The van der Waals surface area contributed by atoms with E-state index in [9.17, 15) is 8.42 Å². The lowest BCUT2D eigenvalue weighted by atomic mass is 10.3. The Morgan fingerprint density at radius 3 is 2.50 bits per heavy atom. The number of hydrogen-bond donors (Lipinski definition) is 1. The molecule has 1 aliphatic heterocycles. The van der Waals surface area contributed by atoms with Crippen molar-refractivity contribution in [1.29, 1.82) is 0 Å². The number of anilines is 1. The van der Waals surface area contributed by atoms with Crippen LogP contribution in [0.15, 0.2) is 35.2 Å². The van der Waals surface area contributed by atoms with E-state index < -0.39 is 10.0 Å². The minimum atomic E-state index is -3.61. The molecule has 0 unspecified atom stereocenters.